The molecular formula is C23H33NO2. The second kappa shape index (κ2) is 5.94. The van der Waals surface area contributed by atoms with Crippen molar-refractivity contribution in [1.29, 1.82) is 0 Å². The van der Waals surface area contributed by atoms with Gasteiger partial charge in [-0.1, -0.05) is 17.7 Å². The van der Waals surface area contributed by atoms with Crippen LogP contribution >= 0.6 is 0 Å². The van der Waals surface area contributed by atoms with Crippen LogP contribution in [-0.4, -0.2) is 17.2 Å². The molecule has 0 amide bonds. The third kappa shape index (κ3) is 2.31. The van der Waals surface area contributed by atoms with E-state index in [2.05, 4.69) is 18.2 Å². The van der Waals surface area contributed by atoms with Crippen LogP contribution in [0.4, 0.5) is 0 Å². The summed E-state index contributed by atoms with van der Waals surface area (Å²) in [6, 6.07) is 0. The Morgan fingerprint density at radius 1 is 1.19 bits per heavy atom. The Bertz CT molecular complexity index is 661. The fourth-order valence-corrected chi connectivity index (χ4v) is 8.06. The van der Waals surface area contributed by atoms with Crippen molar-refractivity contribution in [3.05, 3.63) is 11.6 Å². The maximum absolute atomic E-state index is 10.9. The largest absolute Gasteiger partial charge is 0.411 e. The molecule has 0 heterocycles. The third-order valence-electron chi connectivity index (χ3n) is 9.49. The van der Waals surface area contributed by atoms with Gasteiger partial charge in [-0.25, -0.2) is 0 Å². The summed E-state index contributed by atoms with van der Waals surface area (Å²) < 4.78 is 0. The minimum Gasteiger partial charge on any atom is -0.411 e. The van der Waals surface area contributed by atoms with Crippen molar-refractivity contribution in [1.82, 2.24) is 0 Å². The summed E-state index contributed by atoms with van der Waals surface area (Å²) in [5.41, 5.74) is 3.52. The van der Waals surface area contributed by atoms with Crippen molar-refractivity contribution < 1.29 is 10.0 Å². The summed E-state index contributed by atoms with van der Waals surface area (Å²) in [7, 11) is 0. The molecule has 5 aliphatic rings. The molecule has 0 aliphatic heterocycles. The monoisotopic (exact) mass is 355 g/mol. The van der Waals surface area contributed by atoms with Gasteiger partial charge < -0.3 is 10.0 Å². The predicted octanol–water partition coefficient (Wildman–Crippen LogP) is 5.37. The average Bonchev–Trinajstić information content (AvgIpc) is 3.34. The summed E-state index contributed by atoms with van der Waals surface area (Å²) in [6.07, 6.45) is 17.0. The highest BCUT2D eigenvalue weighted by Gasteiger charge is 2.62. The maximum atomic E-state index is 10.9. The van der Waals surface area contributed by atoms with Crippen LogP contribution in [0.3, 0.4) is 0 Å². The molecule has 4 fully saturated rings. The summed E-state index contributed by atoms with van der Waals surface area (Å²) in [6.45, 7) is 2.57. The van der Waals surface area contributed by atoms with Crippen LogP contribution in [0.2, 0.25) is 0 Å². The van der Waals surface area contributed by atoms with Crippen molar-refractivity contribution in [2.45, 2.75) is 77.6 Å². The van der Waals surface area contributed by atoms with E-state index >= 15 is 0 Å². The lowest BCUT2D eigenvalue weighted by molar-refractivity contribution is -0.108. The maximum Gasteiger partial charge on any atom is 0.120 e. The molecule has 1 N–H and O–H groups in total. The van der Waals surface area contributed by atoms with Crippen LogP contribution in [-0.2, 0) is 4.79 Å². The van der Waals surface area contributed by atoms with Gasteiger partial charge in [0, 0.05) is 6.42 Å². The number of aldehydes is 1. The molecule has 3 nitrogen and oxygen atoms in total. The zero-order valence-electron chi connectivity index (χ0n) is 16.1. The highest BCUT2D eigenvalue weighted by molar-refractivity contribution is 5.96. The molecule has 0 aromatic rings. The number of carbonyl (C=O) groups is 1. The Hall–Kier alpha value is -1.12. The number of rotatable bonds is 3. The molecule has 1 spiro atoms. The van der Waals surface area contributed by atoms with Gasteiger partial charge >= 0.3 is 0 Å². The first kappa shape index (κ1) is 17.0. The van der Waals surface area contributed by atoms with Gasteiger partial charge in [0.05, 0.1) is 5.71 Å². The Kier molecular flexibility index (Phi) is 3.89. The SMILES string of the molecule is CC12CCC3C4CC/C(=N\O)C=C4C4(CC4)CC3C1CCC2CCC=O. The van der Waals surface area contributed by atoms with E-state index in [0.29, 0.717) is 10.8 Å². The zero-order valence-corrected chi connectivity index (χ0v) is 16.1. The second-order valence-corrected chi connectivity index (χ2v) is 10.3. The molecule has 142 valence electrons. The topological polar surface area (TPSA) is 49.7 Å². The van der Waals surface area contributed by atoms with Gasteiger partial charge in [0.2, 0.25) is 0 Å². The van der Waals surface area contributed by atoms with Crippen LogP contribution < -0.4 is 0 Å². The Labute approximate surface area is 157 Å². The molecule has 3 heteroatoms. The van der Waals surface area contributed by atoms with E-state index in [1.54, 1.807) is 5.57 Å². The average molecular weight is 356 g/mol. The fourth-order valence-electron chi connectivity index (χ4n) is 8.06. The van der Waals surface area contributed by atoms with Crippen molar-refractivity contribution >= 4 is 12.0 Å². The predicted molar refractivity (Wildman–Crippen MR) is 102 cm³/mol. The molecule has 26 heavy (non-hydrogen) atoms. The van der Waals surface area contributed by atoms with Crippen LogP contribution in [0.5, 0.6) is 0 Å². The molecular weight excluding hydrogens is 322 g/mol. The zero-order chi connectivity index (χ0) is 17.9. The van der Waals surface area contributed by atoms with E-state index in [9.17, 15) is 10.0 Å². The van der Waals surface area contributed by atoms with Crippen LogP contribution in [0.1, 0.15) is 77.6 Å². The first-order chi connectivity index (χ1) is 12.6. The van der Waals surface area contributed by atoms with Gasteiger partial charge in [0.15, 0.2) is 0 Å². The molecule has 6 atom stereocenters. The smallest absolute Gasteiger partial charge is 0.120 e. The number of hydrogen-bond acceptors (Lipinski definition) is 3. The minimum absolute atomic E-state index is 0.460. The lowest BCUT2D eigenvalue weighted by Crippen LogP contribution is -2.48. The molecule has 5 aliphatic carbocycles. The first-order valence-corrected chi connectivity index (χ1v) is 11.0. The Balaban J connectivity index is 1.45. The van der Waals surface area contributed by atoms with Gasteiger partial charge in [0.25, 0.3) is 0 Å². The van der Waals surface area contributed by atoms with Gasteiger partial charge in [0.1, 0.15) is 6.29 Å². The lowest BCUT2D eigenvalue weighted by atomic mass is 9.48. The second-order valence-electron chi connectivity index (χ2n) is 10.3. The molecule has 4 saturated carbocycles. The van der Waals surface area contributed by atoms with Crippen LogP contribution in [0, 0.1) is 40.4 Å². The Morgan fingerprint density at radius 2 is 2.04 bits per heavy atom. The molecule has 6 unspecified atom stereocenters. The van der Waals surface area contributed by atoms with E-state index in [-0.39, 0.29) is 0 Å². The number of allylic oxidation sites excluding steroid dienone is 2. The molecule has 0 radical (unpaired) electrons. The number of carbonyl (C=O) groups excluding carboxylic acids is 1. The van der Waals surface area contributed by atoms with Crippen LogP contribution in [0.15, 0.2) is 16.8 Å². The van der Waals surface area contributed by atoms with E-state index in [1.807, 2.05) is 0 Å². The minimum atomic E-state index is 0.460. The van der Waals surface area contributed by atoms with E-state index in [4.69, 9.17) is 0 Å². The van der Waals surface area contributed by atoms with Crippen molar-refractivity contribution in [3.63, 3.8) is 0 Å². The number of oxime groups is 1. The van der Waals surface area contributed by atoms with Crippen molar-refractivity contribution in [3.8, 4) is 0 Å². The highest BCUT2D eigenvalue weighted by atomic mass is 16.4. The standard InChI is InChI=1S/C23H33NO2/c1-22-9-8-17-18-6-5-16(24-26)13-21(18)23(10-11-23)14-19(17)20(22)7-4-15(22)3-2-12-25/h12-13,15,17-20,26H,2-11,14H2,1H3/b24-16+. The molecule has 0 saturated heterocycles. The van der Waals surface area contributed by atoms with E-state index < -0.39 is 0 Å². The first-order valence-electron chi connectivity index (χ1n) is 11.0. The van der Waals surface area contributed by atoms with Crippen molar-refractivity contribution in [2.24, 2.45) is 45.6 Å². The molecule has 0 aromatic heterocycles. The van der Waals surface area contributed by atoms with E-state index in [0.717, 1.165) is 60.8 Å². The number of hydrogen-bond donors (Lipinski definition) is 1. The van der Waals surface area contributed by atoms with Gasteiger partial charge in [-0.05, 0) is 111 Å². The fraction of sp³-hybridized carbons (Fsp3) is 0.826. The molecule has 0 bridgehead atoms. The van der Waals surface area contributed by atoms with Gasteiger partial charge in [-0.15, -0.1) is 0 Å². The summed E-state index contributed by atoms with van der Waals surface area (Å²) in [5.74, 6) is 4.15. The van der Waals surface area contributed by atoms with Gasteiger partial charge in [-0.3, -0.25) is 0 Å². The van der Waals surface area contributed by atoms with E-state index in [1.165, 1.54) is 51.4 Å². The van der Waals surface area contributed by atoms with Crippen molar-refractivity contribution in [2.75, 3.05) is 0 Å². The number of nitrogens with zero attached hydrogens (tertiary/aromatic N) is 1. The number of fused-ring (bicyclic) bond motifs is 6. The summed E-state index contributed by atoms with van der Waals surface area (Å²) >= 11 is 0. The van der Waals surface area contributed by atoms with Crippen LogP contribution in [0.25, 0.3) is 0 Å². The van der Waals surface area contributed by atoms with Gasteiger partial charge in [-0.2, -0.15) is 0 Å². The lowest BCUT2D eigenvalue weighted by Gasteiger charge is -2.56. The summed E-state index contributed by atoms with van der Waals surface area (Å²) in [4.78, 5) is 10.9. The Morgan fingerprint density at radius 3 is 2.77 bits per heavy atom. The summed E-state index contributed by atoms with van der Waals surface area (Å²) in [5, 5.41) is 12.8. The quantitative estimate of drug-likeness (QED) is 0.420. The third-order valence-corrected chi connectivity index (χ3v) is 9.49. The molecule has 0 aromatic carbocycles. The normalized spacial score (nSPS) is 47.0. The molecule has 5 rings (SSSR count). The highest BCUT2D eigenvalue weighted by Crippen LogP contribution is 2.71.